The molecular weight excluding hydrogens is 291 g/mol. The number of halogens is 1. The quantitative estimate of drug-likeness (QED) is 0.617. The molecule has 1 saturated heterocycles. The SMILES string of the molecule is IC[C@@H]1CO[C@H](c2ccccc2)CO1. The van der Waals surface area contributed by atoms with Crippen LogP contribution in [0.25, 0.3) is 0 Å². The van der Waals surface area contributed by atoms with Crippen LogP contribution >= 0.6 is 22.6 Å². The van der Waals surface area contributed by atoms with Crippen LogP contribution < -0.4 is 0 Å². The van der Waals surface area contributed by atoms with Gasteiger partial charge in [0.2, 0.25) is 0 Å². The van der Waals surface area contributed by atoms with Crippen molar-refractivity contribution in [3.8, 4) is 0 Å². The Labute approximate surface area is 97.7 Å². The van der Waals surface area contributed by atoms with Gasteiger partial charge in [0.05, 0.1) is 19.3 Å². The molecule has 1 aliphatic heterocycles. The van der Waals surface area contributed by atoms with Crippen molar-refractivity contribution in [2.24, 2.45) is 0 Å². The van der Waals surface area contributed by atoms with Crippen LogP contribution in [0.1, 0.15) is 11.7 Å². The van der Waals surface area contributed by atoms with Crippen LogP contribution in [0.15, 0.2) is 30.3 Å². The smallest absolute Gasteiger partial charge is 0.106 e. The normalized spacial score (nSPS) is 27.5. The van der Waals surface area contributed by atoms with Crippen molar-refractivity contribution in [3.63, 3.8) is 0 Å². The maximum atomic E-state index is 5.74. The predicted octanol–water partition coefficient (Wildman–Crippen LogP) is 2.58. The molecule has 1 aromatic carbocycles. The maximum absolute atomic E-state index is 5.74. The van der Waals surface area contributed by atoms with E-state index in [1.165, 1.54) is 5.56 Å². The van der Waals surface area contributed by atoms with Gasteiger partial charge in [0.1, 0.15) is 6.10 Å². The summed E-state index contributed by atoms with van der Waals surface area (Å²) in [6.07, 6.45) is 0.394. The zero-order chi connectivity index (χ0) is 9.80. The van der Waals surface area contributed by atoms with Crippen LogP contribution in [0.5, 0.6) is 0 Å². The summed E-state index contributed by atoms with van der Waals surface area (Å²) in [5, 5.41) is 0. The summed E-state index contributed by atoms with van der Waals surface area (Å²) < 4.78 is 12.4. The van der Waals surface area contributed by atoms with Crippen molar-refractivity contribution < 1.29 is 9.47 Å². The molecule has 0 amide bonds. The lowest BCUT2D eigenvalue weighted by atomic mass is 10.1. The van der Waals surface area contributed by atoms with E-state index in [0.29, 0.717) is 13.2 Å². The molecule has 0 saturated carbocycles. The van der Waals surface area contributed by atoms with Gasteiger partial charge in [0.15, 0.2) is 0 Å². The first-order chi connectivity index (χ1) is 6.90. The lowest BCUT2D eigenvalue weighted by molar-refractivity contribution is -0.125. The highest BCUT2D eigenvalue weighted by Gasteiger charge is 2.22. The van der Waals surface area contributed by atoms with Gasteiger partial charge < -0.3 is 9.47 Å². The van der Waals surface area contributed by atoms with Crippen LogP contribution in [0, 0.1) is 0 Å². The number of hydrogen-bond donors (Lipinski definition) is 0. The number of benzene rings is 1. The summed E-state index contributed by atoms with van der Waals surface area (Å²) in [6.45, 7) is 1.39. The summed E-state index contributed by atoms with van der Waals surface area (Å²) in [5.74, 6) is 0. The van der Waals surface area contributed by atoms with E-state index in [1.807, 2.05) is 18.2 Å². The standard InChI is InChI=1S/C11H13IO2/c12-6-10-7-14-11(8-13-10)9-4-2-1-3-5-9/h1-5,10-11H,6-8H2/t10-,11+/m1/s1. The summed E-state index contributed by atoms with van der Waals surface area (Å²) in [6, 6.07) is 10.2. The van der Waals surface area contributed by atoms with Gasteiger partial charge in [-0.2, -0.15) is 0 Å². The highest BCUT2D eigenvalue weighted by Crippen LogP contribution is 2.22. The minimum Gasteiger partial charge on any atom is -0.372 e. The largest absolute Gasteiger partial charge is 0.372 e. The molecule has 14 heavy (non-hydrogen) atoms. The number of alkyl halides is 1. The minimum absolute atomic E-state index is 0.121. The third kappa shape index (κ3) is 2.46. The van der Waals surface area contributed by atoms with Gasteiger partial charge in [-0.1, -0.05) is 52.9 Å². The Hall–Kier alpha value is -0.130. The van der Waals surface area contributed by atoms with E-state index in [1.54, 1.807) is 0 Å². The molecule has 2 nitrogen and oxygen atoms in total. The molecular formula is C11H13IO2. The molecule has 3 heteroatoms. The minimum atomic E-state index is 0.121. The molecule has 2 rings (SSSR count). The second-order valence-electron chi connectivity index (χ2n) is 3.34. The van der Waals surface area contributed by atoms with Gasteiger partial charge >= 0.3 is 0 Å². The summed E-state index contributed by atoms with van der Waals surface area (Å²) in [4.78, 5) is 0. The second-order valence-corrected chi connectivity index (χ2v) is 4.22. The predicted molar refractivity (Wildman–Crippen MR) is 63.8 cm³/mol. The molecule has 1 fully saturated rings. The maximum Gasteiger partial charge on any atom is 0.106 e. The van der Waals surface area contributed by atoms with E-state index >= 15 is 0 Å². The van der Waals surface area contributed by atoms with Gasteiger partial charge in [-0.15, -0.1) is 0 Å². The Bertz CT molecular complexity index is 268. The summed E-state index contributed by atoms with van der Waals surface area (Å²) in [5.41, 5.74) is 1.21. The molecule has 0 radical (unpaired) electrons. The van der Waals surface area contributed by atoms with Crippen molar-refractivity contribution in [2.45, 2.75) is 12.2 Å². The van der Waals surface area contributed by atoms with Gasteiger partial charge in [0.25, 0.3) is 0 Å². The van der Waals surface area contributed by atoms with E-state index < -0.39 is 0 Å². The topological polar surface area (TPSA) is 18.5 Å². The first kappa shape index (κ1) is 10.4. The van der Waals surface area contributed by atoms with Crippen LogP contribution in [0.4, 0.5) is 0 Å². The molecule has 0 bridgehead atoms. The second kappa shape index (κ2) is 5.09. The molecule has 2 atom stereocenters. The zero-order valence-electron chi connectivity index (χ0n) is 7.86. The number of ether oxygens (including phenoxy) is 2. The molecule has 1 heterocycles. The summed E-state index contributed by atoms with van der Waals surface area (Å²) >= 11 is 2.32. The Morgan fingerprint density at radius 2 is 1.93 bits per heavy atom. The molecule has 0 aromatic heterocycles. The van der Waals surface area contributed by atoms with E-state index in [4.69, 9.17) is 9.47 Å². The number of hydrogen-bond acceptors (Lipinski definition) is 2. The third-order valence-electron chi connectivity index (χ3n) is 2.31. The van der Waals surface area contributed by atoms with Crippen molar-refractivity contribution >= 4 is 22.6 Å². The van der Waals surface area contributed by atoms with Crippen LogP contribution in [0.2, 0.25) is 0 Å². The lowest BCUT2D eigenvalue weighted by Crippen LogP contribution is -2.32. The highest BCUT2D eigenvalue weighted by molar-refractivity contribution is 14.1. The van der Waals surface area contributed by atoms with Gasteiger partial charge in [-0.05, 0) is 5.56 Å². The van der Waals surface area contributed by atoms with E-state index in [2.05, 4.69) is 34.7 Å². The Morgan fingerprint density at radius 1 is 1.14 bits per heavy atom. The van der Waals surface area contributed by atoms with Crippen LogP contribution in [-0.4, -0.2) is 23.7 Å². The number of rotatable bonds is 2. The van der Waals surface area contributed by atoms with Gasteiger partial charge in [-0.25, -0.2) is 0 Å². The first-order valence-electron chi connectivity index (χ1n) is 4.74. The Kier molecular flexibility index (Phi) is 3.78. The molecule has 0 spiro atoms. The van der Waals surface area contributed by atoms with Gasteiger partial charge in [0, 0.05) is 4.43 Å². The molecule has 1 aliphatic rings. The van der Waals surface area contributed by atoms with Crippen molar-refractivity contribution in [1.82, 2.24) is 0 Å². The van der Waals surface area contributed by atoms with Crippen molar-refractivity contribution in [1.29, 1.82) is 0 Å². The molecule has 0 aliphatic carbocycles. The van der Waals surface area contributed by atoms with Crippen LogP contribution in [0.3, 0.4) is 0 Å². The Balaban J connectivity index is 1.96. The fraction of sp³-hybridized carbons (Fsp3) is 0.455. The van der Waals surface area contributed by atoms with Crippen molar-refractivity contribution in [2.75, 3.05) is 17.6 Å². The molecule has 0 N–H and O–H groups in total. The van der Waals surface area contributed by atoms with E-state index in [9.17, 15) is 0 Å². The fourth-order valence-corrected chi connectivity index (χ4v) is 2.00. The van der Waals surface area contributed by atoms with Gasteiger partial charge in [-0.3, -0.25) is 0 Å². The van der Waals surface area contributed by atoms with E-state index in [0.717, 1.165) is 4.43 Å². The lowest BCUT2D eigenvalue weighted by Gasteiger charge is -2.28. The molecule has 1 aromatic rings. The Morgan fingerprint density at radius 3 is 2.50 bits per heavy atom. The van der Waals surface area contributed by atoms with E-state index in [-0.39, 0.29) is 12.2 Å². The monoisotopic (exact) mass is 304 g/mol. The fourth-order valence-electron chi connectivity index (χ4n) is 1.49. The zero-order valence-corrected chi connectivity index (χ0v) is 10.0. The van der Waals surface area contributed by atoms with Crippen molar-refractivity contribution in [3.05, 3.63) is 35.9 Å². The van der Waals surface area contributed by atoms with Crippen LogP contribution in [-0.2, 0) is 9.47 Å². The first-order valence-corrected chi connectivity index (χ1v) is 6.27. The average molecular weight is 304 g/mol. The third-order valence-corrected chi connectivity index (χ3v) is 3.29. The average Bonchev–Trinajstić information content (AvgIpc) is 2.30. The summed E-state index contributed by atoms with van der Waals surface area (Å²) in [7, 11) is 0. The molecule has 0 unspecified atom stereocenters. The highest BCUT2D eigenvalue weighted by atomic mass is 127. The molecule has 76 valence electrons.